The predicted molar refractivity (Wildman–Crippen MR) is 99.7 cm³/mol. The second-order valence-corrected chi connectivity index (χ2v) is 6.63. The molecule has 1 amide bonds. The minimum Gasteiger partial charge on any atom is -0.381 e. The maximum atomic E-state index is 12.4. The van der Waals surface area contributed by atoms with Gasteiger partial charge in [0.2, 0.25) is 5.91 Å². The van der Waals surface area contributed by atoms with Gasteiger partial charge < -0.3 is 19.3 Å². The smallest absolute Gasteiger partial charge is 0.246 e. The highest BCUT2D eigenvalue weighted by molar-refractivity contribution is 5.91. The van der Waals surface area contributed by atoms with Crippen molar-refractivity contribution in [1.82, 2.24) is 4.90 Å². The van der Waals surface area contributed by atoms with Crippen LogP contribution in [-0.4, -0.2) is 63.4 Å². The molecule has 2 saturated heterocycles. The lowest BCUT2D eigenvalue weighted by Gasteiger charge is -2.28. The number of amides is 1. The van der Waals surface area contributed by atoms with Crippen molar-refractivity contribution in [3.8, 4) is 0 Å². The van der Waals surface area contributed by atoms with Crippen molar-refractivity contribution in [2.45, 2.75) is 13.3 Å². The first kappa shape index (κ1) is 18.0. The molecule has 0 radical (unpaired) electrons. The summed E-state index contributed by atoms with van der Waals surface area (Å²) in [5, 5.41) is 0. The molecule has 1 atom stereocenters. The summed E-state index contributed by atoms with van der Waals surface area (Å²) in [6.07, 6.45) is 4.64. The molecule has 2 heterocycles. The Morgan fingerprint density at radius 1 is 1.20 bits per heavy atom. The molecular formula is C20H28N2O3. The Balaban J connectivity index is 1.55. The SMILES string of the molecule is CCN(C[C@H]1CCOC1)C(=O)/C=C/c1ccc(N2CCOCC2)cc1. The monoisotopic (exact) mass is 344 g/mol. The van der Waals surface area contributed by atoms with Gasteiger partial charge >= 0.3 is 0 Å². The summed E-state index contributed by atoms with van der Waals surface area (Å²) < 4.78 is 10.8. The van der Waals surface area contributed by atoms with Gasteiger partial charge in [-0.2, -0.15) is 0 Å². The Kier molecular flexibility index (Phi) is 6.48. The summed E-state index contributed by atoms with van der Waals surface area (Å²) in [7, 11) is 0. The summed E-state index contributed by atoms with van der Waals surface area (Å²) in [6, 6.07) is 8.36. The van der Waals surface area contributed by atoms with Gasteiger partial charge in [-0.1, -0.05) is 12.1 Å². The van der Waals surface area contributed by atoms with Crippen molar-refractivity contribution >= 4 is 17.7 Å². The molecule has 5 nitrogen and oxygen atoms in total. The van der Waals surface area contributed by atoms with Gasteiger partial charge in [0, 0.05) is 50.5 Å². The highest BCUT2D eigenvalue weighted by Crippen LogP contribution is 2.18. The Morgan fingerprint density at radius 2 is 1.96 bits per heavy atom. The summed E-state index contributed by atoms with van der Waals surface area (Å²) in [5.41, 5.74) is 2.26. The minimum atomic E-state index is 0.0756. The van der Waals surface area contributed by atoms with Crippen molar-refractivity contribution in [3.63, 3.8) is 0 Å². The number of morpholine rings is 1. The van der Waals surface area contributed by atoms with Gasteiger partial charge in [-0.25, -0.2) is 0 Å². The number of anilines is 1. The number of likely N-dealkylation sites (N-methyl/N-ethyl adjacent to an activating group) is 1. The van der Waals surface area contributed by atoms with Gasteiger partial charge in [0.1, 0.15) is 0 Å². The first-order chi connectivity index (χ1) is 12.3. The Hall–Kier alpha value is -1.85. The fourth-order valence-electron chi connectivity index (χ4n) is 3.30. The molecule has 1 aromatic carbocycles. The van der Waals surface area contributed by atoms with Crippen molar-refractivity contribution in [3.05, 3.63) is 35.9 Å². The highest BCUT2D eigenvalue weighted by atomic mass is 16.5. The van der Waals surface area contributed by atoms with Crippen LogP contribution in [-0.2, 0) is 14.3 Å². The molecule has 136 valence electrons. The number of nitrogens with zero attached hydrogens (tertiary/aromatic N) is 2. The molecule has 0 spiro atoms. The number of ether oxygens (including phenoxy) is 2. The third-order valence-corrected chi connectivity index (χ3v) is 4.88. The van der Waals surface area contributed by atoms with Gasteiger partial charge in [0.15, 0.2) is 0 Å². The molecule has 0 aliphatic carbocycles. The quantitative estimate of drug-likeness (QED) is 0.743. The average Bonchev–Trinajstić information content (AvgIpc) is 3.18. The topological polar surface area (TPSA) is 42.0 Å². The summed E-state index contributed by atoms with van der Waals surface area (Å²) >= 11 is 0. The fraction of sp³-hybridized carbons (Fsp3) is 0.550. The Bertz CT molecular complexity index is 573. The molecule has 0 unspecified atom stereocenters. The Morgan fingerprint density at radius 3 is 2.60 bits per heavy atom. The van der Waals surface area contributed by atoms with E-state index in [2.05, 4.69) is 29.2 Å². The standard InChI is InChI=1S/C20H28N2O3/c1-2-21(15-18-9-12-25-16-18)20(23)8-5-17-3-6-19(7-4-17)22-10-13-24-14-11-22/h3-8,18H,2,9-16H2,1H3/b8-5+/t18-/m1/s1. The average molecular weight is 344 g/mol. The van der Waals surface area contributed by atoms with Gasteiger partial charge in [-0.15, -0.1) is 0 Å². The molecule has 3 rings (SSSR count). The van der Waals surface area contributed by atoms with Crippen LogP contribution in [0.5, 0.6) is 0 Å². The van der Waals surface area contributed by atoms with Crippen LogP contribution >= 0.6 is 0 Å². The van der Waals surface area contributed by atoms with E-state index < -0.39 is 0 Å². The zero-order chi connectivity index (χ0) is 17.5. The maximum Gasteiger partial charge on any atom is 0.246 e. The van der Waals surface area contributed by atoms with E-state index in [9.17, 15) is 4.79 Å². The van der Waals surface area contributed by atoms with Crippen LogP contribution in [0.4, 0.5) is 5.69 Å². The molecule has 25 heavy (non-hydrogen) atoms. The minimum absolute atomic E-state index is 0.0756. The van der Waals surface area contributed by atoms with Gasteiger partial charge in [-0.3, -0.25) is 4.79 Å². The molecule has 0 bridgehead atoms. The third-order valence-electron chi connectivity index (χ3n) is 4.88. The molecule has 0 saturated carbocycles. The van der Waals surface area contributed by atoms with Gasteiger partial charge in [0.05, 0.1) is 19.8 Å². The normalized spacial score (nSPS) is 21.0. The van der Waals surface area contributed by atoms with Crippen molar-refractivity contribution in [1.29, 1.82) is 0 Å². The van der Waals surface area contributed by atoms with Gasteiger partial charge in [0.25, 0.3) is 0 Å². The number of rotatable bonds is 6. The number of benzene rings is 1. The first-order valence-corrected chi connectivity index (χ1v) is 9.23. The maximum absolute atomic E-state index is 12.4. The summed E-state index contributed by atoms with van der Waals surface area (Å²) in [6.45, 7) is 8.58. The fourth-order valence-corrected chi connectivity index (χ4v) is 3.30. The van der Waals surface area contributed by atoms with E-state index in [1.807, 2.05) is 17.9 Å². The lowest BCUT2D eigenvalue weighted by molar-refractivity contribution is -0.126. The van der Waals surface area contributed by atoms with Crippen LogP contribution in [0.25, 0.3) is 6.08 Å². The van der Waals surface area contributed by atoms with Gasteiger partial charge in [-0.05, 0) is 37.1 Å². The zero-order valence-electron chi connectivity index (χ0n) is 15.0. The predicted octanol–water partition coefficient (Wildman–Crippen LogP) is 2.42. The lowest BCUT2D eigenvalue weighted by Crippen LogP contribution is -2.36. The van der Waals surface area contributed by atoms with Crippen molar-refractivity contribution in [2.24, 2.45) is 5.92 Å². The van der Waals surface area contributed by atoms with E-state index in [1.54, 1.807) is 6.08 Å². The number of hydrogen-bond acceptors (Lipinski definition) is 4. The van der Waals surface area contributed by atoms with E-state index in [0.717, 1.165) is 64.6 Å². The molecule has 0 aromatic heterocycles. The van der Waals surface area contributed by atoms with E-state index in [4.69, 9.17) is 9.47 Å². The zero-order valence-corrected chi connectivity index (χ0v) is 15.0. The summed E-state index contributed by atoms with van der Waals surface area (Å²) in [5.74, 6) is 0.553. The molecule has 5 heteroatoms. The highest BCUT2D eigenvalue weighted by Gasteiger charge is 2.20. The van der Waals surface area contributed by atoms with Crippen LogP contribution < -0.4 is 4.90 Å². The van der Waals surface area contributed by atoms with Crippen molar-refractivity contribution < 1.29 is 14.3 Å². The number of hydrogen-bond donors (Lipinski definition) is 0. The second kappa shape index (κ2) is 9.02. The van der Waals surface area contributed by atoms with Crippen LogP contribution in [0.2, 0.25) is 0 Å². The molecule has 2 aliphatic rings. The van der Waals surface area contributed by atoms with E-state index in [0.29, 0.717) is 5.92 Å². The van der Waals surface area contributed by atoms with E-state index in [1.165, 1.54) is 5.69 Å². The van der Waals surface area contributed by atoms with Crippen LogP contribution in [0, 0.1) is 5.92 Å². The van der Waals surface area contributed by atoms with E-state index in [-0.39, 0.29) is 5.91 Å². The number of carbonyl (C=O) groups excluding carboxylic acids is 1. The lowest BCUT2D eigenvalue weighted by atomic mass is 10.1. The van der Waals surface area contributed by atoms with Crippen LogP contribution in [0.1, 0.15) is 18.9 Å². The molecule has 1 aromatic rings. The molecule has 2 fully saturated rings. The van der Waals surface area contributed by atoms with E-state index >= 15 is 0 Å². The Labute approximate surface area is 150 Å². The van der Waals surface area contributed by atoms with Crippen LogP contribution in [0.15, 0.2) is 30.3 Å². The van der Waals surface area contributed by atoms with Crippen molar-refractivity contribution in [2.75, 3.05) is 57.5 Å². The number of carbonyl (C=O) groups is 1. The molecule has 2 aliphatic heterocycles. The molecular weight excluding hydrogens is 316 g/mol. The third kappa shape index (κ3) is 5.06. The second-order valence-electron chi connectivity index (χ2n) is 6.63. The summed E-state index contributed by atoms with van der Waals surface area (Å²) in [4.78, 5) is 16.7. The largest absolute Gasteiger partial charge is 0.381 e. The van der Waals surface area contributed by atoms with Crippen LogP contribution in [0.3, 0.4) is 0 Å². The molecule has 0 N–H and O–H groups in total. The first-order valence-electron chi connectivity index (χ1n) is 9.23.